The van der Waals surface area contributed by atoms with Crippen LogP contribution < -0.4 is 0 Å². The van der Waals surface area contributed by atoms with Crippen molar-refractivity contribution in [2.75, 3.05) is 0 Å². The zero-order valence-corrected chi connectivity index (χ0v) is 11.5. The summed E-state index contributed by atoms with van der Waals surface area (Å²) in [5.41, 5.74) is 1.63. The first kappa shape index (κ1) is 12.7. The van der Waals surface area contributed by atoms with E-state index < -0.39 is 0 Å². The average molecular weight is 268 g/mol. The number of fused-ring (bicyclic) bond motifs is 1. The second-order valence-electron chi connectivity index (χ2n) is 5.20. The van der Waals surface area contributed by atoms with Crippen LogP contribution in [-0.4, -0.2) is 27.9 Å². The van der Waals surface area contributed by atoms with Gasteiger partial charge in [-0.15, -0.1) is 0 Å². The highest BCUT2D eigenvalue weighted by atomic mass is 16.2. The average Bonchev–Trinajstić information content (AvgIpc) is 2.64. The molecule has 20 heavy (non-hydrogen) atoms. The first-order chi connectivity index (χ1) is 9.59. The second kappa shape index (κ2) is 4.63. The molecular weight excluding hydrogens is 252 g/mol. The number of β-lactam (4-membered cyclic amide) rings is 1. The van der Waals surface area contributed by atoms with Crippen molar-refractivity contribution >= 4 is 11.8 Å². The minimum atomic E-state index is -0.185. The summed E-state index contributed by atoms with van der Waals surface area (Å²) in [4.78, 5) is 24.6. The molecule has 1 saturated heterocycles. The molecule has 2 aliphatic heterocycles. The highest BCUT2D eigenvalue weighted by molar-refractivity contribution is 5.98. The van der Waals surface area contributed by atoms with E-state index in [1.54, 1.807) is 18.3 Å². The molecule has 3 rings (SSSR count). The zero-order valence-electron chi connectivity index (χ0n) is 11.5. The molecule has 0 bridgehead atoms. The molecule has 1 aromatic carbocycles. The number of allylic oxidation sites excluding steroid dienone is 2. The molecule has 4 heteroatoms. The second-order valence-corrected chi connectivity index (χ2v) is 5.20. The third kappa shape index (κ3) is 1.84. The largest absolute Gasteiger partial charge is 0.276 e. The van der Waals surface area contributed by atoms with Crippen molar-refractivity contribution in [1.29, 1.82) is 0 Å². The van der Waals surface area contributed by atoms with Crippen molar-refractivity contribution in [3.63, 3.8) is 0 Å². The number of rotatable bonds is 1. The maximum Gasteiger partial charge on any atom is 0.276 e. The Morgan fingerprint density at radius 1 is 1.20 bits per heavy atom. The Morgan fingerprint density at radius 2 is 1.90 bits per heavy atom. The maximum atomic E-state index is 12.6. The van der Waals surface area contributed by atoms with E-state index in [9.17, 15) is 9.59 Å². The first-order valence-corrected chi connectivity index (χ1v) is 6.68. The van der Waals surface area contributed by atoms with E-state index in [0.717, 1.165) is 5.57 Å². The summed E-state index contributed by atoms with van der Waals surface area (Å²) < 4.78 is 0. The van der Waals surface area contributed by atoms with Gasteiger partial charge in [-0.05, 0) is 25.1 Å². The zero-order chi connectivity index (χ0) is 14.3. The molecule has 1 aromatic rings. The molecule has 2 heterocycles. The molecule has 2 aliphatic rings. The van der Waals surface area contributed by atoms with Crippen LogP contribution in [0.25, 0.3) is 0 Å². The summed E-state index contributed by atoms with van der Waals surface area (Å²) in [5.74, 6) is -0.277. The summed E-state index contributed by atoms with van der Waals surface area (Å²) in [7, 11) is 0. The standard InChI is InChI=1S/C16H16N2O2/c1-11-8-9-17(16(20)13-6-4-3-5-7-13)18-14(10-11)12(2)15(18)19/h3-10,12,14H,1-2H3. The van der Waals surface area contributed by atoms with Gasteiger partial charge in [0.2, 0.25) is 5.91 Å². The first-order valence-electron chi connectivity index (χ1n) is 6.68. The van der Waals surface area contributed by atoms with Crippen molar-refractivity contribution in [2.24, 2.45) is 5.92 Å². The van der Waals surface area contributed by atoms with Crippen molar-refractivity contribution in [1.82, 2.24) is 10.0 Å². The molecule has 1 fully saturated rings. The van der Waals surface area contributed by atoms with Gasteiger partial charge in [0, 0.05) is 11.8 Å². The molecular formula is C16H16N2O2. The van der Waals surface area contributed by atoms with Crippen LogP contribution in [0.15, 0.2) is 54.3 Å². The van der Waals surface area contributed by atoms with Crippen LogP contribution >= 0.6 is 0 Å². The van der Waals surface area contributed by atoms with E-state index in [2.05, 4.69) is 0 Å². The Bertz CT molecular complexity index is 619. The monoisotopic (exact) mass is 268 g/mol. The van der Waals surface area contributed by atoms with E-state index >= 15 is 0 Å². The van der Waals surface area contributed by atoms with Crippen LogP contribution in [0.1, 0.15) is 24.2 Å². The number of carbonyl (C=O) groups excluding carboxylic acids is 2. The fourth-order valence-electron chi connectivity index (χ4n) is 2.56. The Hall–Kier alpha value is -2.36. The van der Waals surface area contributed by atoms with Gasteiger partial charge in [0.05, 0.1) is 12.0 Å². The predicted molar refractivity (Wildman–Crippen MR) is 75.3 cm³/mol. The van der Waals surface area contributed by atoms with Gasteiger partial charge >= 0.3 is 0 Å². The van der Waals surface area contributed by atoms with Crippen LogP contribution in [0.2, 0.25) is 0 Å². The molecule has 0 radical (unpaired) electrons. The van der Waals surface area contributed by atoms with Crippen molar-refractivity contribution < 1.29 is 9.59 Å². The lowest BCUT2D eigenvalue weighted by Crippen LogP contribution is -2.65. The number of nitrogens with zero attached hydrogens (tertiary/aromatic N) is 2. The Morgan fingerprint density at radius 3 is 2.60 bits per heavy atom. The van der Waals surface area contributed by atoms with Crippen LogP contribution in [0, 0.1) is 5.92 Å². The maximum absolute atomic E-state index is 12.6. The lowest BCUT2D eigenvalue weighted by molar-refractivity contribution is -0.170. The lowest BCUT2D eigenvalue weighted by Gasteiger charge is -2.47. The lowest BCUT2D eigenvalue weighted by atomic mass is 9.90. The SMILES string of the molecule is CC1=CC2C(C)C(=O)N2N(C(=O)c2ccccc2)C=C1. The fraction of sp³-hybridized carbons (Fsp3) is 0.250. The molecule has 0 spiro atoms. The van der Waals surface area contributed by atoms with Gasteiger partial charge in [-0.1, -0.05) is 36.8 Å². The number of carbonyl (C=O) groups is 2. The predicted octanol–water partition coefficient (Wildman–Crippen LogP) is 2.36. The van der Waals surface area contributed by atoms with Gasteiger partial charge in [0.1, 0.15) is 0 Å². The third-order valence-electron chi connectivity index (χ3n) is 3.78. The fourth-order valence-corrected chi connectivity index (χ4v) is 2.56. The van der Waals surface area contributed by atoms with Gasteiger partial charge in [0.25, 0.3) is 5.91 Å². The van der Waals surface area contributed by atoms with E-state index in [-0.39, 0.29) is 23.8 Å². The topological polar surface area (TPSA) is 40.6 Å². The van der Waals surface area contributed by atoms with Crippen molar-refractivity contribution in [3.05, 3.63) is 59.8 Å². The molecule has 4 nitrogen and oxygen atoms in total. The minimum Gasteiger partial charge on any atom is -0.273 e. The highest BCUT2D eigenvalue weighted by Gasteiger charge is 2.47. The van der Waals surface area contributed by atoms with Crippen molar-refractivity contribution in [3.8, 4) is 0 Å². The van der Waals surface area contributed by atoms with Gasteiger partial charge in [-0.25, -0.2) is 10.0 Å². The third-order valence-corrected chi connectivity index (χ3v) is 3.78. The van der Waals surface area contributed by atoms with Crippen LogP contribution in [0.5, 0.6) is 0 Å². The highest BCUT2D eigenvalue weighted by Crippen LogP contribution is 2.33. The molecule has 0 N–H and O–H groups in total. The minimum absolute atomic E-state index is 0.0186. The van der Waals surface area contributed by atoms with Crippen LogP contribution in [0.4, 0.5) is 0 Å². The Labute approximate surface area is 118 Å². The Balaban J connectivity index is 1.95. The summed E-state index contributed by atoms with van der Waals surface area (Å²) >= 11 is 0. The summed E-state index contributed by atoms with van der Waals surface area (Å²) in [6.45, 7) is 3.87. The molecule has 0 aromatic heterocycles. The van der Waals surface area contributed by atoms with Gasteiger partial charge in [0.15, 0.2) is 0 Å². The summed E-state index contributed by atoms with van der Waals surface area (Å²) in [5, 5.41) is 2.96. The summed E-state index contributed by atoms with van der Waals surface area (Å²) in [6, 6.07) is 8.96. The molecule has 102 valence electrons. The quantitative estimate of drug-likeness (QED) is 0.734. The Kier molecular flexibility index (Phi) is 2.93. The molecule has 0 saturated carbocycles. The normalized spacial score (nSPS) is 24.7. The summed E-state index contributed by atoms with van der Waals surface area (Å²) in [6.07, 6.45) is 5.56. The van der Waals surface area contributed by atoms with Crippen LogP contribution in [0.3, 0.4) is 0 Å². The number of hydrogen-bond donors (Lipinski definition) is 0. The van der Waals surface area contributed by atoms with E-state index in [1.807, 2.05) is 44.2 Å². The smallest absolute Gasteiger partial charge is 0.273 e. The molecule has 0 aliphatic carbocycles. The molecule has 2 amide bonds. The van der Waals surface area contributed by atoms with Gasteiger partial charge in [-0.3, -0.25) is 9.59 Å². The number of hydrazine groups is 1. The van der Waals surface area contributed by atoms with Crippen LogP contribution in [-0.2, 0) is 4.79 Å². The number of amides is 2. The molecule has 2 unspecified atom stereocenters. The van der Waals surface area contributed by atoms with E-state index in [1.165, 1.54) is 10.0 Å². The van der Waals surface area contributed by atoms with E-state index in [4.69, 9.17) is 0 Å². The number of hydrogen-bond acceptors (Lipinski definition) is 2. The van der Waals surface area contributed by atoms with Gasteiger partial charge < -0.3 is 0 Å². The van der Waals surface area contributed by atoms with Crippen molar-refractivity contribution in [2.45, 2.75) is 19.9 Å². The molecule has 2 atom stereocenters. The van der Waals surface area contributed by atoms with Gasteiger partial charge in [-0.2, -0.15) is 0 Å². The van der Waals surface area contributed by atoms with E-state index in [0.29, 0.717) is 5.56 Å². The number of benzene rings is 1.